The minimum atomic E-state index is -0.245. The van der Waals surface area contributed by atoms with Gasteiger partial charge in [-0.3, -0.25) is 0 Å². The quantitative estimate of drug-likeness (QED) is 0.797. The number of aromatic hydroxyl groups is 1. The molecule has 0 heterocycles. The van der Waals surface area contributed by atoms with Crippen LogP contribution in [0.15, 0.2) is 40.9 Å². The fourth-order valence-corrected chi connectivity index (χ4v) is 2.31. The molecule has 2 N–H and O–H groups in total. The molecular weight excluding hydrogens is 309 g/mol. The number of phenols is 1. The van der Waals surface area contributed by atoms with Crippen LogP contribution in [0.2, 0.25) is 0 Å². The molecule has 0 saturated carbocycles. The van der Waals surface area contributed by atoms with Crippen molar-refractivity contribution in [3.8, 4) is 5.75 Å². The molecule has 2 nitrogen and oxygen atoms in total. The largest absolute Gasteiger partial charge is 0.508 e. The highest BCUT2D eigenvalue weighted by molar-refractivity contribution is 9.10. The third-order valence-electron chi connectivity index (χ3n) is 3.01. The predicted octanol–water partition coefficient (Wildman–Crippen LogP) is 4.78. The average molecular weight is 324 g/mol. The van der Waals surface area contributed by atoms with Gasteiger partial charge in [0.05, 0.1) is 6.04 Å². The maximum absolute atomic E-state index is 13.9. The van der Waals surface area contributed by atoms with Crippen molar-refractivity contribution in [3.63, 3.8) is 0 Å². The first-order chi connectivity index (χ1) is 8.97. The summed E-state index contributed by atoms with van der Waals surface area (Å²) in [6, 6.07) is 9.95. The molecule has 2 aromatic carbocycles. The Hall–Kier alpha value is -1.55. The summed E-state index contributed by atoms with van der Waals surface area (Å²) >= 11 is 3.24. The highest BCUT2D eigenvalue weighted by Crippen LogP contribution is 2.27. The first kappa shape index (κ1) is 13.9. The number of phenolic OH excluding ortho intramolecular Hbond substituents is 1. The van der Waals surface area contributed by atoms with E-state index in [-0.39, 0.29) is 17.6 Å². The molecule has 1 atom stereocenters. The second-order valence-corrected chi connectivity index (χ2v) is 5.45. The van der Waals surface area contributed by atoms with Crippen LogP contribution >= 0.6 is 15.9 Å². The molecule has 0 spiro atoms. The van der Waals surface area contributed by atoms with Gasteiger partial charge in [-0.15, -0.1) is 0 Å². The second-order valence-electron chi connectivity index (χ2n) is 4.53. The lowest BCUT2D eigenvalue weighted by atomic mass is 10.1. The van der Waals surface area contributed by atoms with Crippen LogP contribution in [0, 0.1) is 12.7 Å². The topological polar surface area (TPSA) is 32.3 Å². The summed E-state index contributed by atoms with van der Waals surface area (Å²) in [5.41, 5.74) is 2.41. The Kier molecular flexibility index (Phi) is 4.10. The van der Waals surface area contributed by atoms with E-state index in [0.29, 0.717) is 5.56 Å². The third kappa shape index (κ3) is 3.26. The molecule has 0 bridgehead atoms. The van der Waals surface area contributed by atoms with Gasteiger partial charge in [-0.25, -0.2) is 4.39 Å². The van der Waals surface area contributed by atoms with Gasteiger partial charge < -0.3 is 10.4 Å². The van der Waals surface area contributed by atoms with E-state index in [1.54, 1.807) is 24.3 Å². The Balaban J connectivity index is 2.23. The van der Waals surface area contributed by atoms with Crippen molar-refractivity contribution in [1.82, 2.24) is 0 Å². The number of hydrogen-bond donors (Lipinski definition) is 2. The van der Waals surface area contributed by atoms with Gasteiger partial charge in [0.25, 0.3) is 0 Å². The van der Waals surface area contributed by atoms with Gasteiger partial charge in [0.15, 0.2) is 0 Å². The number of aryl methyl sites for hydroxylation is 1. The van der Waals surface area contributed by atoms with Crippen molar-refractivity contribution in [3.05, 3.63) is 57.8 Å². The number of nitrogens with one attached hydrogen (secondary N) is 1. The van der Waals surface area contributed by atoms with Crippen molar-refractivity contribution in [2.45, 2.75) is 19.9 Å². The van der Waals surface area contributed by atoms with Gasteiger partial charge in [-0.2, -0.15) is 0 Å². The van der Waals surface area contributed by atoms with Gasteiger partial charge in [0.1, 0.15) is 11.6 Å². The van der Waals surface area contributed by atoms with E-state index in [2.05, 4.69) is 21.2 Å². The monoisotopic (exact) mass is 323 g/mol. The summed E-state index contributed by atoms with van der Waals surface area (Å²) in [6.07, 6.45) is 0. The SMILES string of the molecule is Cc1cc(O)ccc1NC(C)c1ccc(Br)cc1F. The number of halogens is 2. The Bertz CT molecular complexity index is 601. The van der Waals surface area contributed by atoms with Crippen molar-refractivity contribution in [2.24, 2.45) is 0 Å². The predicted molar refractivity (Wildman–Crippen MR) is 79.0 cm³/mol. The van der Waals surface area contributed by atoms with Crippen molar-refractivity contribution in [2.75, 3.05) is 5.32 Å². The zero-order chi connectivity index (χ0) is 14.0. The van der Waals surface area contributed by atoms with Crippen LogP contribution in [0.3, 0.4) is 0 Å². The van der Waals surface area contributed by atoms with E-state index < -0.39 is 0 Å². The highest BCUT2D eigenvalue weighted by atomic mass is 79.9. The second kappa shape index (κ2) is 5.61. The normalized spacial score (nSPS) is 12.2. The average Bonchev–Trinajstić information content (AvgIpc) is 2.32. The first-order valence-corrected chi connectivity index (χ1v) is 6.78. The fourth-order valence-electron chi connectivity index (χ4n) is 1.97. The minimum Gasteiger partial charge on any atom is -0.508 e. The van der Waals surface area contributed by atoms with E-state index in [9.17, 15) is 9.50 Å². The van der Waals surface area contributed by atoms with Crippen LogP contribution in [0.1, 0.15) is 24.1 Å². The van der Waals surface area contributed by atoms with E-state index >= 15 is 0 Å². The van der Waals surface area contributed by atoms with E-state index in [0.717, 1.165) is 15.7 Å². The molecule has 0 saturated heterocycles. The Labute approximate surface area is 120 Å². The summed E-state index contributed by atoms with van der Waals surface area (Å²) in [5, 5.41) is 12.6. The van der Waals surface area contributed by atoms with Crippen LogP contribution in [0.5, 0.6) is 5.75 Å². The molecule has 4 heteroatoms. The molecule has 0 aliphatic heterocycles. The van der Waals surface area contributed by atoms with E-state index in [1.165, 1.54) is 6.07 Å². The first-order valence-electron chi connectivity index (χ1n) is 5.98. The number of hydrogen-bond acceptors (Lipinski definition) is 2. The van der Waals surface area contributed by atoms with Gasteiger partial charge in [-0.05, 0) is 49.7 Å². The smallest absolute Gasteiger partial charge is 0.129 e. The molecule has 2 rings (SSSR count). The molecular formula is C15H15BrFNO. The summed E-state index contributed by atoms with van der Waals surface area (Å²) in [7, 11) is 0. The third-order valence-corrected chi connectivity index (χ3v) is 3.50. The Morgan fingerprint density at radius 1 is 1.21 bits per heavy atom. The zero-order valence-electron chi connectivity index (χ0n) is 10.7. The van der Waals surface area contributed by atoms with Crippen LogP contribution in [0.25, 0.3) is 0 Å². The molecule has 0 radical (unpaired) electrons. The molecule has 0 fully saturated rings. The maximum atomic E-state index is 13.9. The van der Waals surface area contributed by atoms with Crippen LogP contribution in [0.4, 0.5) is 10.1 Å². The molecule has 0 aliphatic carbocycles. The molecule has 100 valence electrons. The molecule has 2 aromatic rings. The van der Waals surface area contributed by atoms with E-state index in [1.807, 2.05) is 19.9 Å². The van der Waals surface area contributed by atoms with Crippen LogP contribution in [-0.2, 0) is 0 Å². The minimum absolute atomic E-state index is 0.156. The van der Waals surface area contributed by atoms with Crippen LogP contribution in [-0.4, -0.2) is 5.11 Å². The summed E-state index contributed by atoms with van der Waals surface area (Å²) in [4.78, 5) is 0. The van der Waals surface area contributed by atoms with Crippen molar-refractivity contribution in [1.29, 1.82) is 0 Å². The number of benzene rings is 2. The number of rotatable bonds is 3. The van der Waals surface area contributed by atoms with Crippen LogP contribution < -0.4 is 5.32 Å². The lowest BCUT2D eigenvalue weighted by Crippen LogP contribution is -2.09. The molecule has 0 aliphatic rings. The summed E-state index contributed by atoms with van der Waals surface area (Å²) in [6.45, 7) is 3.80. The lowest BCUT2D eigenvalue weighted by Gasteiger charge is -2.18. The fraction of sp³-hybridized carbons (Fsp3) is 0.200. The maximum Gasteiger partial charge on any atom is 0.129 e. The standard InChI is InChI=1S/C15H15BrFNO/c1-9-7-12(19)4-6-15(9)18-10(2)13-5-3-11(16)8-14(13)17/h3-8,10,18-19H,1-2H3. The summed E-state index contributed by atoms with van der Waals surface area (Å²) in [5.74, 6) is -0.0173. The van der Waals surface area contributed by atoms with Gasteiger partial charge in [-0.1, -0.05) is 22.0 Å². The summed E-state index contributed by atoms with van der Waals surface area (Å²) < 4.78 is 14.6. The zero-order valence-corrected chi connectivity index (χ0v) is 12.3. The molecule has 0 amide bonds. The Morgan fingerprint density at radius 3 is 2.58 bits per heavy atom. The highest BCUT2D eigenvalue weighted by Gasteiger charge is 2.12. The van der Waals surface area contributed by atoms with Crippen molar-refractivity contribution >= 4 is 21.6 Å². The molecule has 1 unspecified atom stereocenters. The Morgan fingerprint density at radius 2 is 1.95 bits per heavy atom. The van der Waals surface area contributed by atoms with E-state index in [4.69, 9.17) is 0 Å². The van der Waals surface area contributed by atoms with Crippen molar-refractivity contribution < 1.29 is 9.50 Å². The van der Waals surface area contributed by atoms with Gasteiger partial charge >= 0.3 is 0 Å². The van der Waals surface area contributed by atoms with Gasteiger partial charge in [0, 0.05) is 15.7 Å². The lowest BCUT2D eigenvalue weighted by molar-refractivity contribution is 0.475. The molecule has 19 heavy (non-hydrogen) atoms. The van der Waals surface area contributed by atoms with Gasteiger partial charge in [0.2, 0.25) is 0 Å². The number of anilines is 1. The molecule has 0 aromatic heterocycles.